The van der Waals surface area contributed by atoms with Crippen LogP contribution in [0.15, 0.2) is 72.8 Å². The Bertz CT molecular complexity index is 2680. The zero-order chi connectivity index (χ0) is 54.8. The third kappa shape index (κ3) is 15.1. The molecule has 4 atom stereocenters. The Labute approximate surface area is 460 Å². The summed E-state index contributed by atoms with van der Waals surface area (Å²) in [5.41, 5.74) is 8.69. The van der Waals surface area contributed by atoms with Crippen LogP contribution in [0.25, 0.3) is 0 Å². The number of rotatable bonds is 17. The van der Waals surface area contributed by atoms with Gasteiger partial charge in [0, 0.05) is 111 Å². The van der Waals surface area contributed by atoms with Gasteiger partial charge in [-0.1, -0.05) is 12.1 Å². The Morgan fingerprint density at radius 3 is 1.74 bits per heavy atom. The molecule has 0 aromatic heterocycles. The highest BCUT2D eigenvalue weighted by molar-refractivity contribution is 5.97. The molecule has 2 aliphatic carbocycles. The summed E-state index contributed by atoms with van der Waals surface area (Å²) in [6.45, 7) is 10.6. The zero-order valence-corrected chi connectivity index (χ0v) is 46.3. The van der Waals surface area contributed by atoms with Crippen LogP contribution in [0, 0.1) is 0 Å². The average molecular weight is 1070 g/mol. The van der Waals surface area contributed by atoms with Gasteiger partial charge in [-0.05, 0) is 194 Å². The van der Waals surface area contributed by atoms with Crippen molar-refractivity contribution in [3.63, 3.8) is 0 Å². The van der Waals surface area contributed by atoms with Gasteiger partial charge >= 0.3 is 6.09 Å². The minimum atomic E-state index is -1.01. The number of amides is 3. The van der Waals surface area contributed by atoms with Crippen LogP contribution in [0.4, 0.5) is 27.5 Å². The van der Waals surface area contributed by atoms with Crippen LogP contribution in [0.3, 0.4) is 0 Å². The first-order valence-electron chi connectivity index (χ1n) is 28.7. The van der Waals surface area contributed by atoms with E-state index in [2.05, 4.69) is 48.5 Å². The number of phenolic OH excluding ortho intramolecular Hbond substituents is 1. The van der Waals surface area contributed by atoms with Crippen molar-refractivity contribution in [1.82, 2.24) is 20.9 Å². The van der Waals surface area contributed by atoms with Crippen LogP contribution in [0.1, 0.15) is 141 Å². The lowest BCUT2D eigenvalue weighted by atomic mass is 9.91. The Morgan fingerprint density at radius 2 is 1.21 bits per heavy atom. The summed E-state index contributed by atoms with van der Waals surface area (Å²) in [4.78, 5) is 46.3. The average Bonchev–Trinajstić information content (AvgIpc) is 3.48. The second-order valence-electron chi connectivity index (χ2n) is 23.2. The normalized spacial score (nSPS) is 20.3. The van der Waals surface area contributed by atoms with Crippen LogP contribution in [0.5, 0.6) is 11.5 Å². The molecule has 2 saturated carbocycles. The molecule has 4 aromatic rings. The zero-order valence-electron chi connectivity index (χ0n) is 46.3. The van der Waals surface area contributed by atoms with Crippen molar-refractivity contribution in [3.8, 4) is 11.5 Å². The maximum atomic E-state index is 13.5. The molecule has 4 fully saturated rings. The number of carbonyl (C=O) groups is 3. The van der Waals surface area contributed by atoms with Gasteiger partial charge in [-0.25, -0.2) is 4.79 Å². The second kappa shape index (κ2) is 26.1. The predicted octanol–water partition coefficient (Wildman–Crippen LogP) is 8.23. The summed E-state index contributed by atoms with van der Waals surface area (Å²) >= 11 is 0. The maximum absolute atomic E-state index is 13.5. The molecular weight excluding hydrogens is 989 g/mol. The third-order valence-corrected chi connectivity index (χ3v) is 16.1. The minimum Gasteiger partial charge on any atom is -0.508 e. The van der Waals surface area contributed by atoms with E-state index in [0.717, 1.165) is 96.9 Å². The lowest BCUT2D eigenvalue weighted by Gasteiger charge is -2.40. The molecule has 4 aliphatic heterocycles. The third-order valence-electron chi connectivity index (χ3n) is 16.1. The lowest BCUT2D eigenvalue weighted by molar-refractivity contribution is -0.0114. The highest BCUT2D eigenvalue weighted by atomic mass is 16.7. The Morgan fingerprint density at radius 1 is 0.654 bits per heavy atom. The number of anilines is 4. The number of methoxy groups -OCH3 is 1. The van der Waals surface area contributed by atoms with Crippen LogP contribution in [-0.2, 0) is 35.4 Å². The smallest absolute Gasteiger partial charge is 0.410 e. The Balaban J connectivity index is 0.000000196. The molecule has 6 aliphatic rings. The predicted molar refractivity (Wildman–Crippen MR) is 305 cm³/mol. The van der Waals surface area contributed by atoms with E-state index in [-0.39, 0.29) is 50.0 Å². The van der Waals surface area contributed by atoms with Gasteiger partial charge in [-0.2, -0.15) is 0 Å². The first-order chi connectivity index (χ1) is 37.6. The number of phenols is 1. The fourth-order valence-corrected chi connectivity index (χ4v) is 11.2. The Kier molecular flexibility index (Phi) is 18.9. The summed E-state index contributed by atoms with van der Waals surface area (Å²) in [6, 6.07) is 23.4. The summed E-state index contributed by atoms with van der Waals surface area (Å²) in [7, 11) is 1.56. The number of aliphatic hydroxyl groups is 2. The molecule has 2 saturated heterocycles. The molecule has 0 radical (unpaired) electrons. The number of carbonyl (C=O) groups excluding carboxylic acids is 3. The number of nitrogens with one attached hydrogen (secondary N) is 5. The maximum Gasteiger partial charge on any atom is 0.410 e. The van der Waals surface area contributed by atoms with Gasteiger partial charge in [0.15, 0.2) is 6.79 Å². The van der Waals surface area contributed by atoms with E-state index in [1.165, 1.54) is 51.4 Å². The number of hydrogen-bond donors (Lipinski definition) is 8. The number of aromatic hydroxyl groups is 1. The molecule has 0 bridgehead atoms. The van der Waals surface area contributed by atoms with Gasteiger partial charge in [0.25, 0.3) is 11.8 Å². The van der Waals surface area contributed by atoms with Crippen LogP contribution in [-0.4, -0.2) is 133 Å². The van der Waals surface area contributed by atoms with Crippen molar-refractivity contribution >= 4 is 40.7 Å². The van der Waals surface area contributed by atoms with Crippen molar-refractivity contribution in [2.45, 2.75) is 166 Å². The number of ether oxygens (including phenoxy) is 3. The molecule has 422 valence electrons. The fourth-order valence-electron chi connectivity index (χ4n) is 11.2. The van der Waals surface area contributed by atoms with Gasteiger partial charge < -0.3 is 65.9 Å². The highest BCUT2D eigenvalue weighted by Crippen LogP contribution is 2.33. The molecule has 0 spiro atoms. The topological polar surface area (TPSA) is 209 Å². The van der Waals surface area contributed by atoms with Crippen molar-refractivity contribution in [3.05, 3.63) is 106 Å². The number of hydrogen-bond acceptors (Lipinski definition) is 14. The fraction of sp³-hybridized carbons (Fsp3) is 0.557. The molecule has 8 N–H and O–H groups in total. The molecule has 4 heterocycles. The molecule has 78 heavy (non-hydrogen) atoms. The summed E-state index contributed by atoms with van der Waals surface area (Å²) in [6.07, 6.45) is 13.1. The Hall–Kier alpha value is -6.27. The molecule has 0 unspecified atom stereocenters. The molecule has 3 amide bonds. The van der Waals surface area contributed by atoms with Crippen molar-refractivity contribution < 1.29 is 43.9 Å². The quantitative estimate of drug-likeness (QED) is 0.0469. The van der Waals surface area contributed by atoms with Crippen molar-refractivity contribution in [1.29, 1.82) is 0 Å². The van der Waals surface area contributed by atoms with Gasteiger partial charge in [-0.15, -0.1) is 0 Å². The van der Waals surface area contributed by atoms with Crippen LogP contribution >= 0.6 is 0 Å². The van der Waals surface area contributed by atoms with Gasteiger partial charge in [0.2, 0.25) is 0 Å². The number of piperidine rings is 2. The summed E-state index contributed by atoms with van der Waals surface area (Å²) in [5, 5.41) is 48.3. The van der Waals surface area contributed by atoms with E-state index in [4.69, 9.17) is 14.2 Å². The first-order valence-corrected chi connectivity index (χ1v) is 28.7. The number of benzene rings is 4. The highest BCUT2D eigenvalue weighted by Gasteiger charge is 2.37. The standard InChI is InChI=1S/C34H48N4O6.C27H36N4O3/c1-34(2,3)44-33(41)38-21-25-17-29(43-22-42-4)12-11-23(25)18-30(38)31(39)20-35-32(40)24-15-27(36-26-9-8-10-26)19-28(16-24)37-13-6-5-7-14-37;32-24-8-7-18-14-25(28-16-20(18)13-24)26(33)17-29-27(34)19-11-22(30-21-5-4-6-21)15-23(12-19)31-9-2-1-3-10-31/h11-12,15-17,19,26,30-31,36,39H,5-10,13-14,18,20-22H2,1-4H3,(H,35,40);7-8,11-13,15,21,25-26,28,30,32-33H,1-6,9-10,14,16-17H2,(H,29,34)/t30-,31+;25-,26+/m00/s1. The van der Waals surface area contributed by atoms with Crippen LogP contribution in [0.2, 0.25) is 0 Å². The summed E-state index contributed by atoms with van der Waals surface area (Å²) in [5.74, 6) is 0.485. The molecule has 4 aromatic carbocycles. The number of nitrogens with zero attached hydrogens (tertiary/aromatic N) is 3. The molecular formula is C61H84N8O9. The van der Waals surface area contributed by atoms with E-state index < -0.39 is 29.9 Å². The van der Waals surface area contributed by atoms with E-state index in [0.29, 0.717) is 48.3 Å². The largest absolute Gasteiger partial charge is 0.508 e. The van der Waals surface area contributed by atoms with Crippen molar-refractivity contribution in [2.75, 3.05) is 73.6 Å². The molecule has 10 rings (SSSR count). The lowest BCUT2D eigenvalue weighted by Crippen LogP contribution is -2.54. The number of fused-ring (bicyclic) bond motifs is 2. The number of aliphatic hydroxyl groups excluding tert-OH is 2. The van der Waals surface area contributed by atoms with E-state index in [1.54, 1.807) is 24.1 Å². The SMILES string of the molecule is COCOc1ccc2c(c1)CN(C(=O)OC(C)(C)C)[C@H]([C@H](O)CNC(=O)c1cc(NC3CCC3)cc(N3CCCCC3)c1)C2.O=C(NC[C@@H](O)[C@@H]1Cc2ccc(O)cc2CN1)c1cc(NC2CCC2)cc(N2CCCCC2)c1. The molecule has 17 heteroatoms. The minimum absolute atomic E-state index is 0.00745. The monoisotopic (exact) mass is 1070 g/mol. The van der Waals surface area contributed by atoms with E-state index >= 15 is 0 Å². The van der Waals surface area contributed by atoms with Gasteiger partial charge in [0.1, 0.15) is 17.1 Å². The summed E-state index contributed by atoms with van der Waals surface area (Å²) < 4.78 is 16.3. The second-order valence-corrected chi connectivity index (χ2v) is 23.2. The first kappa shape index (κ1) is 56.5. The van der Waals surface area contributed by atoms with Gasteiger partial charge in [-0.3, -0.25) is 14.5 Å². The van der Waals surface area contributed by atoms with E-state index in [9.17, 15) is 29.7 Å². The van der Waals surface area contributed by atoms with Gasteiger partial charge in [0.05, 0.1) is 18.2 Å². The van der Waals surface area contributed by atoms with Crippen molar-refractivity contribution in [2.24, 2.45) is 0 Å². The van der Waals surface area contributed by atoms with Crippen LogP contribution < -0.4 is 41.1 Å². The molecule has 17 nitrogen and oxygen atoms in total. The van der Waals surface area contributed by atoms with E-state index in [1.807, 2.05) is 69.3 Å².